The molecule has 24 heavy (non-hydrogen) atoms. The first-order chi connectivity index (χ1) is 11.3. The summed E-state index contributed by atoms with van der Waals surface area (Å²) in [6.07, 6.45) is -0.00218. The molecule has 1 N–H and O–H groups in total. The summed E-state index contributed by atoms with van der Waals surface area (Å²) in [5.41, 5.74) is 0.505. The van der Waals surface area contributed by atoms with Crippen LogP contribution in [0.3, 0.4) is 0 Å². The van der Waals surface area contributed by atoms with Crippen molar-refractivity contribution in [1.82, 2.24) is 4.72 Å². The zero-order valence-corrected chi connectivity index (χ0v) is 13.3. The molecule has 0 aliphatic carbocycles. The Morgan fingerprint density at radius 1 is 0.958 bits per heavy atom. The number of sulfonamides is 1. The number of hydrogen-bond acceptors (Lipinski definition) is 3. The van der Waals surface area contributed by atoms with Gasteiger partial charge in [0.25, 0.3) is 0 Å². The van der Waals surface area contributed by atoms with Crippen LogP contribution in [0.2, 0.25) is 0 Å². The maximum absolute atomic E-state index is 13.0. The van der Waals surface area contributed by atoms with Gasteiger partial charge in [-0.1, -0.05) is 0 Å². The van der Waals surface area contributed by atoms with E-state index in [4.69, 9.17) is 0 Å². The Labute approximate surface area is 138 Å². The Kier molecular flexibility index (Phi) is 4.33. The fourth-order valence-corrected chi connectivity index (χ4v) is 3.79. The second kappa shape index (κ2) is 6.29. The maximum Gasteiger partial charge on any atom is 0.240 e. The van der Waals surface area contributed by atoms with Crippen molar-refractivity contribution < 1.29 is 22.0 Å². The minimum absolute atomic E-state index is 0.00218. The van der Waals surface area contributed by atoms with Crippen molar-refractivity contribution in [2.75, 3.05) is 11.4 Å². The van der Waals surface area contributed by atoms with Crippen molar-refractivity contribution in [3.05, 3.63) is 60.2 Å². The van der Waals surface area contributed by atoms with E-state index in [1.165, 1.54) is 29.2 Å². The van der Waals surface area contributed by atoms with Crippen LogP contribution >= 0.6 is 0 Å². The molecular formula is C16H14F2N2O3S. The molecule has 0 unspecified atom stereocenters. The molecular weight excluding hydrogens is 338 g/mol. The number of halogens is 2. The molecule has 0 spiro atoms. The summed E-state index contributed by atoms with van der Waals surface area (Å²) in [6.45, 7) is 0.144. The number of nitrogens with one attached hydrogen (secondary N) is 1. The molecule has 126 valence electrons. The van der Waals surface area contributed by atoms with Crippen LogP contribution in [0, 0.1) is 11.6 Å². The lowest BCUT2D eigenvalue weighted by atomic mass is 10.3. The first-order valence-corrected chi connectivity index (χ1v) is 8.67. The van der Waals surface area contributed by atoms with E-state index in [1.807, 2.05) is 0 Å². The van der Waals surface area contributed by atoms with E-state index in [0.717, 1.165) is 24.3 Å². The predicted octanol–water partition coefficient (Wildman–Crippen LogP) is 2.05. The van der Waals surface area contributed by atoms with Gasteiger partial charge in [0.15, 0.2) is 0 Å². The fourth-order valence-electron chi connectivity index (χ4n) is 2.56. The SMILES string of the molecule is O=C1C[C@@H](NS(=O)(=O)c2ccc(F)cc2)CN1c1ccc(F)cc1. The lowest BCUT2D eigenvalue weighted by Gasteiger charge is -2.17. The van der Waals surface area contributed by atoms with E-state index in [0.29, 0.717) is 5.69 Å². The normalized spacial score (nSPS) is 18.2. The smallest absolute Gasteiger partial charge is 0.240 e. The number of benzene rings is 2. The first kappa shape index (κ1) is 16.5. The van der Waals surface area contributed by atoms with Gasteiger partial charge in [-0.15, -0.1) is 0 Å². The molecule has 5 nitrogen and oxygen atoms in total. The zero-order chi connectivity index (χ0) is 17.3. The van der Waals surface area contributed by atoms with E-state index in [9.17, 15) is 22.0 Å². The molecule has 2 aromatic rings. The predicted molar refractivity (Wildman–Crippen MR) is 83.9 cm³/mol. The topological polar surface area (TPSA) is 66.5 Å². The van der Waals surface area contributed by atoms with Gasteiger partial charge in [0.2, 0.25) is 15.9 Å². The summed E-state index contributed by atoms with van der Waals surface area (Å²) in [7, 11) is -3.85. The van der Waals surface area contributed by atoms with Crippen LogP contribution in [0.25, 0.3) is 0 Å². The van der Waals surface area contributed by atoms with Gasteiger partial charge in [-0.3, -0.25) is 4.79 Å². The Morgan fingerprint density at radius 2 is 1.50 bits per heavy atom. The van der Waals surface area contributed by atoms with Crippen LogP contribution in [0.4, 0.5) is 14.5 Å². The highest BCUT2D eigenvalue weighted by molar-refractivity contribution is 7.89. The largest absolute Gasteiger partial charge is 0.311 e. The molecule has 0 radical (unpaired) electrons. The average molecular weight is 352 g/mol. The van der Waals surface area contributed by atoms with Crippen molar-refractivity contribution in [3.8, 4) is 0 Å². The molecule has 2 aromatic carbocycles. The molecule has 0 aromatic heterocycles. The average Bonchev–Trinajstić information content (AvgIpc) is 2.88. The Bertz CT molecular complexity index is 852. The molecule has 1 fully saturated rings. The van der Waals surface area contributed by atoms with E-state index in [2.05, 4.69) is 4.72 Å². The third kappa shape index (κ3) is 3.44. The van der Waals surface area contributed by atoms with Gasteiger partial charge in [-0.2, -0.15) is 0 Å². The molecule has 1 atom stereocenters. The maximum atomic E-state index is 13.0. The minimum atomic E-state index is -3.85. The summed E-state index contributed by atoms with van der Waals surface area (Å²) in [4.78, 5) is 13.4. The highest BCUT2D eigenvalue weighted by atomic mass is 32.2. The van der Waals surface area contributed by atoms with Crippen LogP contribution in [0.1, 0.15) is 6.42 Å². The number of carbonyl (C=O) groups is 1. The van der Waals surface area contributed by atoms with Crippen LogP contribution < -0.4 is 9.62 Å². The molecule has 1 heterocycles. The number of amides is 1. The second-order valence-corrected chi connectivity index (χ2v) is 7.17. The molecule has 1 aliphatic heterocycles. The van der Waals surface area contributed by atoms with Gasteiger partial charge < -0.3 is 4.90 Å². The molecule has 1 saturated heterocycles. The lowest BCUT2D eigenvalue weighted by Crippen LogP contribution is -2.37. The van der Waals surface area contributed by atoms with Crippen LogP contribution in [-0.2, 0) is 14.8 Å². The first-order valence-electron chi connectivity index (χ1n) is 7.19. The zero-order valence-electron chi connectivity index (χ0n) is 12.4. The third-order valence-corrected chi connectivity index (χ3v) is 5.25. The Balaban J connectivity index is 1.74. The van der Waals surface area contributed by atoms with Crippen molar-refractivity contribution in [2.24, 2.45) is 0 Å². The van der Waals surface area contributed by atoms with E-state index < -0.39 is 27.7 Å². The van der Waals surface area contributed by atoms with Crippen LogP contribution in [0.15, 0.2) is 53.4 Å². The van der Waals surface area contributed by atoms with Crippen LogP contribution in [0.5, 0.6) is 0 Å². The highest BCUT2D eigenvalue weighted by Gasteiger charge is 2.33. The Hall–Kier alpha value is -2.32. The van der Waals surface area contributed by atoms with Gasteiger partial charge in [-0.25, -0.2) is 21.9 Å². The number of hydrogen-bond donors (Lipinski definition) is 1. The van der Waals surface area contributed by atoms with Gasteiger partial charge in [0.05, 0.1) is 4.90 Å². The minimum Gasteiger partial charge on any atom is -0.311 e. The molecule has 1 aliphatic rings. The third-order valence-electron chi connectivity index (χ3n) is 3.71. The summed E-state index contributed by atoms with van der Waals surface area (Å²) >= 11 is 0. The molecule has 3 rings (SSSR count). The van der Waals surface area contributed by atoms with Crippen molar-refractivity contribution >= 4 is 21.6 Å². The standard InChI is InChI=1S/C16H14F2N2O3S/c17-11-1-5-14(6-2-11)20-10-13(9-16(20)21)19-24(22,23)15-7-3-12(18)4-8-15/h1-8,13,19H,9-10H2/t13-/m1/s1. The second-order valence-electron chi connectivity index (χ2n) is 5.46. The van der Waals surface area contributed by atoms with Crippen LogP contribution in [-0.4, -0.2) is 26.9 Å². The summed E-state index contributed by atoms with van der Waals surface area (Å²) < 4.78 is 52.9. The summed E-state index contributed by atoms with van der Waals surface area (Å²) in [5.74, 6) is -1.21. The molecule has 0 saturated carbocycles. The van der Waals surface area contributed by atoms with Gasteiger partial charge in [0.1, 0.15) is 11.6 Å². The van der Waals surface area contributed by atoms with E-state index in [1.54, 1.807) is 0 Å². The molecule has 0 bridgehead atoms. The highest BCUT2D eigenvalue weighted by Crippen LogP contribution is 2.23. The van der Waals surface area contributed by atoms with E-state index >= 15 is 0 Å². The molecule has 1 amide bonds. The fraction of sp³-hybridized carbons (Fsp3) is 0.188. The number of nitrogens with zero attached hydrogens (tertiary/aromatic N) is 1. The quantitative estimate of drug-likeness (QED) is 0.916. The van der Waals surface area contributed by atoms with Crippen molar-refractivity contribution in [2.45, 2.75) is 17.4 Å². The Morgan fingerprint density at radius 3 is 2.08 bits per heavy atom. The number of rotatable bonds is 4. The summed E-state index contributed by atoms with van der Waals surface area (Å²) in [6, 6.07) is 9.21. The summed E-state index contributed by atoms with van der Waals surface area (Å²) in [5, 5.41) is 0. The lowest BCUT2D eigenvalue weighted by molar-refractivity contribution is -0.117. The van der Waals surface area contributed by atoms with E-state index in [-0.39, 0.29) is 23.8 Å². The van der Waals surface area contributed by atoms with Crippen molar-refractivity contribution in [1.29, 1.82) is 0 Å². The van der Waals surface area contributed by atoms with Crippen molar-refractivity contribution in [3.63, 3.8) is 0 Å². The van der Waals surface area contributed by atoms with Gasteiger partial charge >= 0.3 is 0 Å². The number of anilines is 1. The molecule has 8 heteroatoms. The van der Waals surface area contributed by atoms with Gasteiger partial charge in [-0.05, 0) is 48.5 Å². The monoisotopic (exact) mass is 352 g/mol. The number of carbonyl (C=O) groups excluding carboxylic acids is 1. The van der Waals surface area contributed by atoms with Gasteiger partial charge in [0, 0.05) is 24.7 Å².